The van der Waals surface area contributed by atoms with Crippen molar-refractivity contribution in [3.8, 4) is 11.4 Å². The molecule has 0 saturated carbocycles. The van der Waals surface area contributed by atoms with Crippen LogP contribution in [0.2, 0.25) is 0 Å². The first kappa shape index (κ1) is 14.2. The van der Waals surface area contributed by atoms with E-state index in [1.165, 1.54) is 5.56 Å². The van der Waals surface area contributed by atoms with Crippen molar-refractivity contribution in [1.29, 1.82) is 0 Å². The van der Waals surface area contributed by atoms with Gasteiger partial charge in [-0.05, 0) is 37.8 Å². The summed E-state index contributed by atoms with van der Waals surface area (Å²) in [4.78, 5) is 9.26. The monoisotopic (exact) mass is 275 g/mol. The molecular formula is C15H21N3S. The maximum atomic E-state index is 4.63. The summed E-state index contributed by atoms with van der Waals surface area (Å²) in [6, 6.07) is 2.07. The van der Waals surface area contributed by atoms with Gasteiger partial charge in [-0.3, -0.25) is 0 Å². The topological polar surface area (TPSA) is 37.8 Å². The molecule has 19 heavy (non-hydrogen) atoms. The first-order valence-electron chi connectivity index (χ1n) is 6.65. The molecule has 4 heteroatoms. The van der Waals surface area contributed by atoms with Crippen molar-refractivity contribution in [2.24, 2.45) is 5.92 Å². The molecule has 0 aliphatic rings. The minimum absolute atomic E-state index is 0.659. The molecule has 0 atom stereocenters. The first-order valence-corrected chi connectivity index (χ1v) is 7.59. The summed E-state index contributed by atoms with van der Waals surface area (Å²) in [7, 11) is 0. The lowest BCUT2D eigenvalue weighted by Crippen LogP contribution is -2.21. The van der Waals surface area contributed by atoms with Crippen molar-refractivity contribution >= 4 is 11.3 Å². The molecule has 0 fully saturated rings. The molecule has 2 aromatic heterocycles. The number of aromatic nitrogens is 2. The first-order chi connectivity index (χ1) is 9.08. The van der Waals surface area contributed by atoms with Crippen LogP contribution < -0.4 is 5.32 Å². The van der Waals surface area contributed by atoms with Gasteiger partial charge in [-0.1, -0.05) is 13.8 Å². The minimum Gasteiger partial charge on any atom is -0.312 e. The van der Waals surface area contributed by atoms with Gasteiger partial charge < -0.3 is 5.32 Å². The van der Waals surface area contributed by atoms with Gasteiger partial charge in [-0.15, -0.1) is 0 Å². The number of thiophene rings is 1. The Bertz CT molecular complexity index is 509. The van der Waals surface area contributed by atoms with Gasteiger partial charge in [0.1, 0.15) is 0 Å². The van der Waals surface area contributed by atoms with E-state index < -0.39 is 0 Å². The Kier molecular flexibility index (Phi) is 4.66. The molecule has 0 unspecified atom stereocenters. The van der Waals surface area contributed by atoms with Crippen LogP contribution in [0, 0.1) is 19.8 Å². The second-order valence-electron chi connectivity index (χ2n) is 5.23. The smallest absolute Gasteiger partial charge is 0.160 e. The van der Waals surface area contributed by atoms with E-state index in [1.807, 2.05) is 0 Å². The van der Waals surface area contributed by atoms with Gasteiger partial charge in [-0.25, -0.2) is 9.97 Å². The van der Waals surface area contributed by atoms with Gasteiger partial charge in [0.2, 0.25) is 0 Å². The molecule has 0 radical (unpaired) electrons. The lowest BCUT2D eigenvalue weighted by molar-refractivity contribution is 0.549. The molecule has 0 amide bonds. The highest BCUT2D eigenvalue weighted by molar-refractivity contribution is 7.08. The standard InChI is InChI=1S/C15H21N3S/c1-10(2)7-16-8-14-11(3)17-15(18-12(14)4)13-5-6-19-9-13/h5-6,9-10,16H,7-8H2,1-4H3. The molecule has 102 valence electrons. The zero-order chi connectivity index (χ0) is 13.8. The van der Waals surface area contributed by atoms with E-state index >= 15 is 0 Å². The molecule has 0 aliphatic heterocycles. The Balaban J connectivity index is 2.18. The molecule has 0 aromatic carbocycles. The van der Waals surface area contributed by atoms with E-state index in [0.717, 1.165) is 35.9 Å². The zero-order valence-electron chi connectivity index (χ0n) is 12.0. The van der Waals surface area contributed by atoms with Crippen LogP contribution in [-0.2, 0) is 6.54 Å². The van der Waals surface area contributed by atoms with E-state index in [-0.39, 0.29) is 0 Å². The normalized spacial score (nSPS) is 11.2. The van der Waals surface area contributed by atoms with Crippen molar-refractivity contribution in [2.45, 2.75) is 34.2 Å². The molecule has 2 rings (SSSR count). The molecule has 2 aromatic rings. The number of rotatable bonds is 5. The van der Waals surface area contributed by atoms with Crippen LogP contribution in [0.4, 0.5) is 0 Å². The summed E-state index contributed by atoms with van der Waals surface area (Å²) in [6.07, 6.45) is 0. The Morgan fingerprint density at radius 2 is 1.89 bits per heavy atom. The maximum absolute atomic E-state index is 4.63. The van der Waals surface area contributed by atoms with E-state index in [1.54, 1.807) is 11.3 Å². The predicted octanol–water partition coefficient (Wildman–Crippen LogP) is 3.57. The Labute approximate surface area is 119 Å². The molecular weight excluding hydrogens is 254 g/mol. The minimum atomic E-state index is 0.659. The summed E-state index contributed by atoms with van der Waals surface area (Å²) >= 11 is 1.68. The average molecular weight is 275 g/mol. The highest BCUT2D eigenvalue weighted by Crippen LogP contribution is 2.21. The van der Waals surface area contributed by atoms with Gasteiger partial charge >= 0.3 is 0 Å². The van der Waals surface area contributed by atoms with Crippen molar-refractivity contribution in [3.63, 3.8) is 0 Å². The van der Waals surface area contributed by atoms with Crippen molar-refractivity contribution in [3.05, 3.63) is 33.8 Å². The third-order valence-corrected chi connectivity index (χ3v) is 3.74. The zero-order valence-corrected chi connectivity index (χ0v) is 12.8. The maximum Gasteiger partial charge on any atom is 0.160 e. The van der Waals surface area contributed by atoms with Gasteiger partial charge in [0.15, 0.2) is 5.82 Å². The number of nitrogens with one attached hydrogen (secondary N) is 1. The van der Waals surface area contributed by atoms with Crippen LogP contribution in [-0.4, -0.2) is 16.5 Å². The summed E-state index contributed by atoms with van der Waals surface area (Å²) in [5.41, 5.74) is 4.48. The van der Waals surface area contributed by atoms with Gasteiger partial charge in [0.05, 0.1) is 0 Å². The van der Waals surface area contributed by atoms with Crippen LogP contribution in [0.25, 0.3) is 11.4 Å². The lowest BCUT2D eigenvalue weighted by atomic mass is 10.1. The molecule has 0 spiro atoms. The second kappa shape index (κ2) is 6.26. The summed E-state index contributed by atoms with van der Waals surface area (Å²) in [6.45, 7) is 10.4. The number of nitrogens with zero attached hydrogens (tertiary/aromatic N) is 2. The second-order valence-corrected chi connectivity index (χ2v) is 6.01. The average Bonchev–Trinajstić information content (AvgIpc) is 2.85. The lowest BCUT2D eigenvalue weighted by Gasteiger charge is -2.12. The number of hydrogen-bond acceptors (Lipinski definition) is 4. The summed E-state index contributed by atoms with van der Waals surface area (Å²) in [5, 5.41) is 7.60. The van der Waals surface area contributed by atoms with Crippen LogP contribution in [0.5, 0.6) is 0 Å². The van der Waals surface area contributed by atoms with E-state index in [2.05, 4.69) is 59.8 Å². The van der Waals surface area contributed by atoms with Crippen molar-refractivity contribution in [1.82, 2.24) is 15.3 Å². The molecule has 3 nitrogen and oxygen atoms in total. The molecule has 2 heterocycles. The van der Waals surface area contributed by atoms with Crippen molar-refractivity contribution < 1.29 is 0 Å². The third-order valence-electron chi connectivity index (χ3n) is 3.05. The molecule has 0 aliphatic carbocycles. The van der Waals surface area contributed by atoms with Crippen molar-refractivity contribution in [2.75, 3.05) is 6.54 Å². The number of aryl methyl sites for hydroxylation is 2. The third kappa shape index (κ3) is 3.61. The molecule has 0 bridgehead atoms. The Hall–Kier alpha value is -1.26. The fourth-order valence-corrected chi connectivity index (χ4v) is 2.64. The predicted molar refractivity (Wildman–Crippen MR) is 81.4 cm³/mol. The van der Waals surface area contributed by atoms with Gasteiger partial charge in [0, 0.05) is 34.4 Å². The molecule has 0 saturated heterocycles. The number of hydrogen-bond donors (Lipinski definition) is 1. The summed E-state index contributed by atoms with van der Waals surface area (Å²) < 4.78 is 0. The van der Waals surface area contributed by atoms with Gasteiger partial charge in [-0.2, -0.15) is 11.3 Å². The van der Waals surface area contributed by atoms with E-state index in [9.17, 15) is 0 Å². The SMILES string of the molecule is Cc1nc(-c2ccsc2)nc(C)c1CNCC(C)C. The van der Waals surface area contributed by atoms with Crippen LogP contribution in [0.1, 0.15) is 30.8 Å². The fourth-order valence-electron chi connectivity index (χ4n) is 2.00. The Morgan fingerprint density at radius 1 is 1.21 bits per heavy atom. The quantitative estimate of drug-likeness (QED) is 0.906. The van der Waals surface area contributed by atoms with Crippen LogP contribution in [0.3, 0.4) is 0 Å². The highest BCUT2D eigenvalue weighted by atomic mass is 32.1. The van der Waals surface area contributed by atoms with Gasteiger partial charge in [0.25, 0.3) is 0 Å². The largest absolute Gasteiger partial charge is 0.312 e. The van der Waals surface area contributed by atoms with Crippen LogP contribution >= 0.6 is 11.3 Å². The fraction of sp³-hybridized carbons (Fsp3) is 0.467. The molecule has 1 N–H and O–H groups in total. The van der Waals surface area contributed by atoms with E-state index in [4.69, 9.17) is 0 Å². The highest BCUT2D eigenvalue weighted by Gasteiger charge is 2.10. The van der Waals surface area contributed by atoms with E-state index in [0.29, 0.717) is 5.92 Å². The summed E-state index contributed by atoms with van der Waals surface area (Å²) in [5.74, 6) is 1.50. The Morgan fingerprint density at radius 3 is 2.42 bits per heavy atom. The van der Waals surface area contributed by atoms with Crippen LogP contribution in [0.15, 0.2) is 16.8 Å².